The summed E-state index contributed by atoms with van der Waals surface area (Å²) in [6.45, 7) is 5.11. The maximum Gasteiger partial charge on any atom is 0.434 e. The standard InChI is InChI=1S/C13H23N3O7S2/c1-4-6-8-16(9-7-10(17)22-5-2)25-15(3)13(21)23-24-14-11(18)12(19)20/h4-9H2,1-3H3,(H,14,18)(H,19,20). The smallest absolute Gasteiger partial charge is 0.434 e. The third kappa shape index (κ3) is 11.5. The molecule has 0 saturated carbocycles. The van der Waals surface area contributed by atoms with Gasteiger partial charge in [-0.05, 0) is 13.3 Å². The van der Waals surface area contributed by atoms with Crippen molar-refractivity contribution in [3.05, 3.63) is 0 Å². The number of ether oxygens (including phenoxy) is 1. The lowest BCUT2D eigenvalue weighted by molar-refractivity contribution is -0.149. The maximum absolute atomic E-state index is 11.8. The average molecular weight is 397 g/mol. The molecule has 0 saturated heterocycles. The summed E-state index contributed by atoms with van der Waals surface area (Å²) in [5.74, 6) is -3.30. The summed E-state index contributed by atoms with van der Waals surface area (Å²) in [6, 6.07) is 0. The Labute approximate surface area is 155 Å². The second kappa shape index (κ2) is 13.6. The molecule has 2 amide bonds. The van der Waals surface area contributed by atoms with E-state index < -0.39 is 18.0 Å². The van der Waals surface area contributed by atoms with E-state index in [-0.39, 0.29) is 24.6 Å². The van der Waals surface area contributed by atoms with Crippen LogP contribution in [0.1, 0.15) is 33.1 Å². The summed E-state index contributed by atoms with van der Waals surface area (Å²) < 4.78 is 14.4. The summed E-state index contributed by atoms with van der Waals surface area (Å²) in [6.07, 6.45) is 1.22. The third-order valence-electron chi connectivity index (χ3n) is 2.57. The molecule has 0 aliphatic rings. The minimum atomic E-state index is -1.68. The van der Waals surface area contributed by atoms with Crippen LogP contribution in [-0.4, -0.2) is 64.4 Å². The molecule has 0 atom stereocenters. The van der Waals surface area contributed by atoms with Gasteiger partial charge in [0.15, 0.2) is 12.2 Å². The molecule has 0 aromatic rings. The lowest BCUT2D eigenvalue weighted by Gasteiger charge is -2.24. The topological polar surface area (TPSA) is 125 Å². The van der Waals surface area contributed by atoms with E-state index in [2.05, 4.69) is 4.18 Å². The van der Waals surface area contributed by atoms with Crippen molar-refractivity contribution in [2.75, 3.05) is 26.7 Å². The van der Waals surface area contributed by atoms with Crippen molar-refractivity contribution >= 4 is 48.3 Å². The van der Waals surface area contributed by atoms with E-state index in [0.29, 0.717) is 19.7 Å². The molecule has 0 fully saturated rings. The molecule has 0 radical (unpaired) electrons. The van der Waals surface area contributed by atoms with E-state index in [1.54, 1.807) is 6.92 Å². The Kier molecular flexibility index (Phi) is 12.7. The number of aliphatic carboxylic acids is 1. The highest BCUT2D eigenvalue weighted by Crippen LogP contribution is 2.18. The molecule has 10 nitrogen and oxygen atoms in total. The molecule has 0 spiro atoms. The van der Waals surface area contributed by atoms with Crippen LogP contribution in [0.3, 0.4) is 0 Å². The number of hydrogen-bond acceptors (Lipinski definition) is 9. The van der Waals surface area contributed by atoms with Crippen molar-refractivity contribution in [3.63, 3.8) is 0 Å². The van der Waals surface area contributed by atoms with Crippen molar-refractivity contribution < 1.29 is 33.2 Å². The first-order valence-corrected chi connectivity index (χ1v) is 9.02. The van der Waals surface area contributed by atoms with Crippen LogP contribution >= 0.6 is 24.4 Å². The van der Waals surface area contributed by atoms with Gasteiger partial charge in [-0.25, -0.2) is 18.2 Å². The molecule has 0 aromatic heterocycles. The fraction of sp³-hybridized carbons (Fsp3) is 0.692. The monoisotopic (exact) mass is 397 g/mol. The SMILES string of the molecule is CCCCN(CCC(=O)OCC)SN(C)C(=O)OSNC(=O)C(=O)O. The van der Waals surface area contributed by atoms with Crippen molar-refractivity contribution in [2.24, 2.45) is 0 Å². The van der Waals surface area contributed by atoms with Crippen LogP contribution in [0.4, 0.5) is 4.79 Å². The maximum atomic E-state index is 11.8. The quantitative estimate of drug-likeness (QED) is 0.229. The van der Waals surface area contributed by atoms with Crippen molar-refractivity contribution in [1.82, 2.24) is 13.3 Å². The van der Waals surface area contributed by atoms with Gasteiger partial charge in [0.1, 0.15) is 0 Å². The Morgan fingerprint density at radius 3 is 2.40 bits per heavy atom. The Morgan fingerprint density at radius 1 is 1.16 bits per heavy atom. The first-order chi connectivity index (χ1) is 11.8. The number of amides is 2. The highest BCUT2D eigenvalue weighted by atomic mass is 32.2. The highest BCUT2D eigenvalue weighted by molar-refractivity contribution is 7.95. The molecule has 2 N–H and O–H groups in total. The number of nitrogens with zero attached hydrogens (tertiary/aromatic N) is 2. The van der Waals surface area contributed by atoms with Crippen molar-refractivity contribution in [3.8, 4) is 0 Å². The normalized spacial score (nSPS) is 10.2. The zero-order valence-corrected chi connectivity index (χ0v) is 16.0. The second-order valence-electron chi connectivity index (χ2n) is 4.59. The summed E-state index contributed by atoms with van der Waals surface area (Å²) in [7, 11) is 1.45. The lowest BCUT2D eigenvalue weighted by atomic mass is 10.3. The summed E-state index contributed by atoms with van der Waals surface area (Å²) in [4.78, 5) is 44.3. The number of nitrogens with one attached hydrogen (secondary N) is 1. The van der Waals surface area contributed by atoms with Crippen LogP contribution in [0.2, 0.25) is 0 Å². The molecule has 0 heterocycles. The number of carboxylic acids is 1. The van der Waals surface area contributed by atoms with E-state index in [1.807, 2.05) is 16.0 Å². The van der Waals surface area contributed by atoms with E-state index in [9.17, 15) is 19.2 Å². The van der Waals surface area contributed by atoms with E-state index >= 15 is 0 Å². The molecular formula is C13H23N3O7S2. The van der Waals surface area contributed by atoms with Gasteiger partial charge in [0.2, 0.25) is 0 Å². The number of esters is 1. The van der Waals surface area contributed by atoms with Gasteiger partial charge in [0.05, 0.1) is 13.0 Å². The number of unbranched alkanes of at least 4 members (excludes halogenated alkanes) is 1. The molecule has 12 heteroatoms. The molecule has 144 valence electrons. The Bertz CT molecular complexity index is 465. The lowest BCUT2D eigenvalue weighted by Crippen LogP contribution is -2.31. The largest absolute Gasteiger partial charge is 0.474 e. The van der Waals surface area contributed by atoms with Crippen molar-refractivity contribution in [1.29, 1.82) is 0 Å². The summed E-state index contributed by atoms with van der Waals surface area (Å²) >= 11 is 1.28. The molecule has 0 unspecified atom stereocenters. The molecular weight excluding hydrogens is 374 g/mol. The van der Waals surface area contributed by atoms with Crippen LogP contribution in [0.5, 0.6) is 0 Å². The van der Waals surface area contributed by atoms with Crippen molar-refractivity contribution in [2.45, 2.75) is 33.1 Å². The Hall–Kier alpha value is -1.66. The predicted octanol–water partition coefficient (Wildman–Crippen LogP) is 1.44. The van der Waals surface area contributed by atoms with Gasteiger partial charge in [0, 0.05) is 32.3 Å². The van der Waals surface area contributed by atoms with Gasteiger partial charge in [0.25, 0.3) is 0 Å². The molecule has 25 heavy (non-hydrogen) atoms. The van der Waals surface area contributed by atoms with Gasteiger partial charge < -0.3 is 14.0 Å². The highest BCUT2D eigenvalue weighted by Gasteiger charge is 2.19. The summed E-state index contributed by atoms with van der Waals surface area (Å²) in [5, 5.41) is 8.38. The average Bonchev–Trinajstić information content (AvgIpc) is 2.56. The van der Waals surface area contributed by atoms with Gasteiger partial charge in [-0.15, -0.1) is 0 Å². The minimum Gasteiger partial charge on any atom is -0.474 e. The Morgan fingerprint density at radius 2 is 1.84 bits per heavy atom. The zero-order chi connectivity index (χ0) is 19.2. The number of carbonyl (C=O) groups excluding carboxylic acids is 3. The van der Waals surface area contributed by atoms with E-state index in [1.165, 1.54) is 11.4 Å². The second-order valence-corrected chi connectivity index (χ2v) is 6.35. The number of hydrogen-bond donors (Lipinski definition) is 2. The molecule has 0 aliphatic heterocycles. The van der Waals surface area contributed by atoms with Crippen LogP contribution in [0, 0.1) is 0 Å². The first-order valence-electron chi connectivity index (χ1n) is 7.54. The third-order valence-corrected chi connectivity index (χ3v) is 4.05. The predicted molar refractivity (Wildman–Crippen MR) is 92.9 cm³/mol. The Balaban J connectivity index is 4.35. The van der Waals surface area contributed by atoms with Gasteiger partial charge in [-0.1, -0.05) is 13.3 Å². The minimum absolute atomic E-state index is 0.191. The fourth-order valence-corrected chi connectivity index (χ4v) is 2.64. The van der Waals surface area contributed by atoms with Crippen LogP contribution in [0.15, 0.2) is 0 Å². The number of carbonyl (C=O) groups is 4. The van der Waals surface area contributed by atoms with Crippen LogP contribution in [-0.2, 0) is 23.3 Å². The molecule has 0 bridgehead atoms. The van der Waals surface area contributed by atoms with Gasteiger partial charge in [-0.3, -0.25) is 14.3 Å². The molecule has 0 rings (SSSR count). The summed E-state index contributed by atoms with van der Waals surface area (Å²) in [5.41, 5.74) is 0. The molecule has 0 aromatic carbocycles. The van der Waals surface area contributed by atoms with Crippen LogP contribution < -0.4 is 4.72 Å². The zero-order valence-electron chi connectivity index (χ0n) is 14.4. The van der Waals surface area contributed by atoms with E-state index in [4.69, 9.17) is 9.84 Å². The van der Waals surface area contributed by atoms with E-state index in [0.717, 1.165) is 25.0 Å². The number of carboxylic acid groups (broad SMARTS) is 1. The molecule has 0 aliphatic carbocycles. The first kappa shape index (κ1) is 23.3. The number of rotatable bonds is 11. The van der Waals surface area contributed by atoms with Crippen LogP contribution in [0.25, 0.3) is 0 Å². The fourth-order valence-electron chi connectivity index (χ4n) is 1.37. The van der Waals surface area contributed by atoms with Gasteiger partial charge in [-0.2, -0.15) is 0 Å². The van der Waals surface area contributed by atoms with Gasteiger partial charge >= 0.3 is 23.9 Å².